The van der Waals surface area contributed by atoms with Crippen LogP contribution in [0.3, 0.4) is 0 Å². The fourth-order valence-corrected chi connectivity index (χ4v) is 9.14. The van der Waals surface area contributed by atoms with E-state index in [1.165, 1.54) is 14.0 Å². The number of primary amides is 1. The van der Waals surface area contributed by atoms with E-state index in [0.29, 0.717) is 49.7 Å². The van der Waals surface area contributed by atoms with Crippen LogP contribution in [0, 0.1) is 0 Å². The molecule has 69 heavy (non-hydrogen) atoms. The van der Waals surface area contributed by atoms with Gasteiger partial charge >= 0.3 is 17.8 Å². The number of amides is 7. The Balaban J connectivity index is 0.00000104. The summed E-state index contributed by atoms with van der Waals surface area (Å²) >= 11 is 0. The minimum Gasteiger partial charge on any atom is -0.475 e. The molecule has 22 heteroatoms. The van der Waals surface area contributed by atoms with Crippen LogP contribution < -0.4 is 33.1 Å². The minimum absolute atomic E-state index is 0.0435. The molecular weight excluding hydrogens is 908 g/mol. The van der Waals surface area contributed by atoms with Gasteiger partial charge in [-0.05, 0) is 67.7 Å². The zero-order chi connectivity index (χ0) is 50.2. The number of aryl methyl sites for hydroxylation is 2. The van der Waals surface area contributed by atoms with Gasteiger partial charge in [0.15, 0.2) is 0 Å². The van der Waals surface area contributed by atoms with E-state index in [-0.39, 0.29) is 62.2 Å². The number of alkyl halides is 3. The number of hydrogen-bond acceptors (Lipinski definition) is 10. The molecule has 368 valence electrons. The molecule has 3 aliphatic heterocycles. The Labute approximate surface area is 393 Å². The van der Waals surface area contributed by atoms with Crippen LogP contribution in [0.4, 0.5) is 13.2 Å². The predicted molar refractivity (Wildman–Crippen MR) is 241 cm³/mol. The van der Waals surface area contributed by atoms with E-state index < -0.39 is 71.9 Å². The number of nitrogens with one attached hydrogen (secondary N) is 3. The number of fused-ring (bicyclic) bond motifs is 2. The van der Waals surface area contributed by atoms with Crippen LogP contribution in [0.1, 0.15) is 86.6 Å². The molecule has 0 spiro atoms. The van der Waals surface area contributed by atoms with E-state index in [1.807, 2.05) is 66.7 Å². The molecule has 0 bridgehead atoms. The van der Waals surface area contributed by atoms with Gasteiger partial charge in [0.05, 0.1) is 17.1 Å². The van der Waals surface area contributed by atoms with Gasteiger partial charge < -0.3 is 37.0 Å². The number of aliphatic carboxylic acids is 1. The van der Waals surface area contributed by atoms with Gasteiger partial charge in [0.2, 0.25) is 41.4 Å². The van der Waals surface area contributed by atoms with Crippen molar-refractivity contribution in [2.45, 2.75) is 107 Å². The molecule has 0 saturated carbocycles. The van der Waals surface area contributed by atoms with E-state index >= 15 is 0 Å². The Morgan fingerprint density at radius 3 is 2.09 bits per heavy atom. The second-order valence-corrected chi connectivity index (χ2v) is 17.2. The molecule has 19 nitrogen and oxygen atoms in total. The highest BCUT2D eigenvalue weighted by Crippen LogP contribution is 2.31. The highest BCUT2D eigenvalue weighted by atomic mass is 19.4. The number of halogens is 3. The van der Waals surface area contributed by atoms with Gasteiger partial charge in [-0.1, -0.05) is 72.8 Å². The zero-order valence-electron chi connectivity index (χ0n) is 37.7. The summed E-state index contributed by atoms with van der Waals surface area (Å²) in [6.07, 6.45) is -2.65. The van der Waals surface area contributed by atoms with Crippen LogP contribution in [0.5, 0.6) is 0 Å². The highest BCUT2D eigenvalue weighted by Gasteiger charge is 2.45. The fraction of sp³-hybridized carbons (Fsp3) is 0.426. The molecule has 3 aliphatic rings. The van der Waals surface area contributed by atoms with Crippen LogP contribution in [-0.2, 0) is 51.8 Å². The number of carbonyl (C=O) groups excluding carboxylic acids is 7. The van der Waals surface area contributed by atoms with Gasteiger partial charge in [-0.2, -0.15) is 13.2 Å². The van der Waals surface area contributed by atoms with Gasteiger partial charge in [0.1, 0.15) is 24.2 Å². The quantitative estimate of drug-likeness (QED) is 0.0993. The Bertz CT molecular complexity index is 2600. The number of aromatic nitrogens is 2. The summed E-state index contributed by atoms with van der Waals surface area (Å²) in [6.45, 7) is 0.274. The Morgan fingerprint density at radius 2 is 1.49 bits per heavy atom. The number of rotatable bonds is 14. The molecule has 4 aromatic rings. The van der Waals surface area contributed by atoms with Crippen LogP contribution >= 0.6 is 0 Å². The Kier molecular flexibility index (Phi) is 16.4. The smallest absolute Gasteiger partial charge is 0.475 e. The van der Waals surface area contributed by atoms with Crippen molar-refractivity contribution < 1.29 is 56.6 Å². The largest absolute Gasteiger partial charge is 0.490 e. The second kappa shape index (κ2) is 22.2. The second-order valence-electron chi connectivity index (χ2n) is 17.2. The maximum Gasteiger partial charge on any atom is 0.490 e. The molecule has 0 aliphatic carbocycles. The SMILES string of the molecule is Cn1c(=O)n(C2CCC(=O)NC2=O)c2cccc(CCCC(=O)N3CC[C@H]4CC[C@@H](C(=O)N[C@@H](CCC(N)=O)C(=O)NC(c5ccccc5)c5ccccc5)N4C(=O)[C@@H](N)C3)c21.O=C(O)C(F)(F)F. The normalized spacial score (nSPS) is 19.9. The first-order valence-electron chi connectivity index (χ1n) is 22.4. The van der Waals surface area contributed by atoms with Crippen molar-refractivity contribution in [1.82, 2.24) is 34.9 Å². The van der Waals surface area contributed by atoms with Gasteiger partial charge in [-0.25, -0.2) is 9.59 Å². The summed E-state index contributed by atoms with van der Waals surface area (Å²) in [5, 5.41) is 15.3. The van der Waals surface area contributed by atoms with Crippen molar-refractivity contribution in [3.63, 3.8) is 0 Å². The zero-order valence-corrected chi connectivity index (χ0v) is 37.7. The molecule has 7 rings (SSSR count). The lowest BCUT2D eigenvalue weighted by Crippen LogP contribution is -2.60. The number of carboxylic acid groups (broad SMARTS) is 1. The van der Waals surface area contributed by atoms with Crippen LogP contribution in [0.2, 0.25) is 0 Å². The summed E-state index contributed by atoms with van der Waals surface area (Å²) in [5.41, 5.74) is 15.3. The number of nitrogens with two attached hydrogens (primary N) is 2. The summed E-state index contributed by atoms with van der Waals surface area (Å²) in [5.74, 6) is -5.97. The van der Waals surface area contributed by atoms with Crippen LogP contribution in [0.25, 0.3) is 11.0 Å². The topological polar surface area (TPSA) is 278 Å². The first-order chi connectivity index (χ1) is 32.8. The van der Waals surface area contributed by atoms with Crippen LogP contribution in [-0.4, -0.2) is 115 Å². The molecule has 0 radical (unpaired) electrons. The number of carboxylic acids is 1. The lowest BCUT2D eigenvalue weighted by Gasteiger charge is -2.37. The van der Waals surface area contributed by atoms with Crippen LogP contribution in [0.15, 0.2) is 83.7 Å². The van der Waals surface area contributed by atoms with Gasteiger partial charge in [-0.15, -0.1) is 0 Å². The van der Waals surface area contributed by atoms with Crippen molar-refractivity contribution in [2.75, 3.05) is 13.1 Å². The van der Waals surface area contributed by atoms with E-state index in [1.54, 1.807) is 24.1 Å². The monoisotopic (exact) mass is 961 g/mol. The Hall–Kier alpha value is -7.36. The number of carbonyl (C=O) groups is 8. The maximum absolute atomic E-state index is 14.0. The molecule has 1 unspecified atom stereocenters. The summed E-state index contributed by atoms with van der Waals surface area (Å²) in [4.78, 5) is 117. The highest BCUT2D eigenvalue weighted by molar-refractivity contribution is 6.00. The molecule has 4 heterocycles. The molecule has 7 amide bonds. The van der Waals surface area contributed by atoms with Crippen molar-refractivity contribution in [1.29, 1.82) is 0 Å². The average Bonchev–Trinajstić information content (AvgIpc) is 3.85. The average molecular weight is 962 g/mol. The number of piperidine rings is 1. The predicted octanol–water partition coefficient (Wildman–Crippen LogP) is 1.85. The molecule has 8 N–H and O–H groups in total. The van der Waals surface area contributed by atoms with Gasteiger partial charge in [0, 0.05) is 45.4 Å². The van der Waals surface area contributed by atoms with Gasteiger partial charge in [0.25, 0.3) is 0 Å². The third kappa shape index (κ3) is 12.2. The summed E-state index contributed by atoms with van der Waals surface area (Å²) < 4.78 is 34.7. The number of para-hydroxylation sites is 1. The van der Waals surface area contributed by atoms with E-state index in [0.717, 1.165) is 16.7 Å². The number of imide groups is 1. The van der Waals surface area contributed by atoms with Gasteiger partial charge in [-0.3, -0.25) is 48.0 Å². The molecule has 5 atom stereocenters. The molecular formula is C47H54F3N9O10. The number of nitrogens with zero attached hydrogens (tertiary/aromatic N) is 4. The Morgan fingerprint density at radius 1 is 0.855 bits per heavy atom. The number of benzene rings is 3. The minimum atomic E-state index is -5.08. The lowest BCUT2D eigenvalue weighted by molar-refractivity contribution is -0.192. The fourth-order valence-electron chi connectivity index (χ4n) is 9.14. The number of imidazole rings is 1. The first-order valence-corrected chi connectivity index (χ1v) is 22.4. The molecule has 1 aromatic heterocycles. The number of hydrogen-bond donors (Lipinski definition) is 6. The van der Waals surface area contributed by atoms with Crippen molar-refractivity contribution in [2.24, 2.45) is 18.5 Å². The van der Waals surface area contributed by atoms with Crippen molar-refractivity contribution in [3.05, 3.63) is 106 Å². The summed E-state index contributed by atoms with van der Waals surface area (Å²) in [7, 11) is 1.63. The maximum atomic E-state index is 14.0. The van der Waals surface area contributed by atoms with Crippen molar-refractivity contribution in [3.8, 4) is 0 Å². The third-order valence-electron chi connectivity index (χ3n) is 12.5. The standard InChI is InChI=1S/C45H53N9O8.C2HF3O2/c1-51-40-29(14-8-16-33(40)54(45(51)62)35-21-23-37(56)49-43(35)60)15-9-17-38(57)52-25-24-30-18-20-34(53(30)44(61)31(46)26-52)42(59)48-32(19-22-36(47)55)41(58)50-39(27-10-4-2-5-11-27)28-12-6-3-7-13-28;3-2(4,5)1(6)7/h2-8,10-14,16,30-32,34-35,39H,9,15,17-26,46H2,1H3,(H2,47,55)(H,48,59)(H,50,58)(H,49,56,60);(H,6,7)/t30-,31+,32+,34+,35?;/m1./s1. The molecule has 3 fully saturated rings. The molecule has 3 saturated heterocycles. The summed E-state index contributed by atoms with van der Waals surface area (Å²) in [6, 6.07) is 19.3. The van der Waals surface area contributed by atoms with E-state index in [4.69, 9.17) is 21.4 Å². The third-order valence-corrected chi connectivity index (χ3v) is 12.5. The van der Waals surface area contributed by atoms with E-state index in [9.17, 15) is 51.5 Å². The van der Waals surface area contributed by atoms with E-state index in [2.05, 4.69) is 16.0 Å². The van der Waals surface area contributed by atoms with Crippen molar-refractivity contribution >= 4 is 58.4 Å². The lowest BCUT2D eigenvalue weighted by atomic mass is 9.98. The first kappa shape index (κ1) is 51.0. The molecule has 3 aromatic carbocycles.